The second-order valence-corrected chi connectivity index (χ2v) is 17.1. The van der Waals surface area contributed by atoms with Crippen molar-refractivity contribution in [2.45, 2.75) is 37.5 Å². The van der Waals surface area contributed by atoms with E-state index in [4.69, 9.17) is 5.73 Å². The van der Waals surface area contributed by atoms with Crippen LogP contribution in [0, 0.1) is 0 Å². The van der Waals surface area contributed by atoms with Crippen LogP contribution in [-0.4, -0.2) is 0 Å². The second-order valence-electron chi connectivity index (χ2n) is 17.1. The number of rotatable bonds is 10. The molecule has 3 aliphatic carbocycles. The number of hydrogen-bond donors (Lipinski definition) is 2. The van der Waals surface area contributed by atoms with Gasteiger partial charge in [-0.3, -0.25) is 0 Å². The topological polar surface area (TPSA) is 38.0 Å². The fourth-order valence-electron chi connectivity index (χ4n) is 10.2. The fraction of sp³-hybridized carbons (Fsp3) is 0.0968. The van der Waals surface area contributed by atoms with Crippen molar-refractivity contribution < 1.29 is 0 Å². The summed E-state index contributed by atoms with van der Waals surface area (Å²) in [6, 6.07) is 62.3. The van der Waals surface area contributed by atoms with Crippen molar-refractivity contribution in [3.8, 4) is 22.3 Å². The zero-order chi connectivity index (χ0) is 43.5. The van der Waals surface area contributed by atoms with Crippen LogP contribution in [0.25, 0.3) is 34.0 Å². The molecule has 0 fully saturated rings. The van der Waals surface area contributed by atoms with Gasteiger partial charge in [-0.15, -0.1) is 0 Å². The van der Waals surface area contributed by atoms with E-state index >= 15 is 0 Å². The molecule has 0 bridgehead atoms. The van der Waals surface area contributed by atoms with Crippen LogP contribution in [0.15, 0.2) is 242 Å². The highest BCUT2D eigenvalue weighted by Crippen LogP contribution is 2.59. The molecule has 0 saturated carbocycles. The highest BCUT2D eigenvalue weighted by molar-refractivity contribution is 5.90. The summed E-state index contributed by atoms with van der Waals surface area (Å²) in [5.74, 6) is 0.141. The Balaban J connectivity index is 1.21. The van der Waals surface area contributed by atoms with Gasteiger partial charge in [0.15, 0.2) is 0 Å². The van der Waals surface area contributed by atoms with Crippen molar-refractivity contribution in [3.05, 3.63) is 292 Å². The third-order valence-corrected chi connectivity index (χ3v) is 13.3. The Morgan fingerprint density at radius 1 is 0.562 bits per heavy atom. The van der Waals surface area contributed by atoms with E-state index < -0.39 is 5.41 Å². The van der Waals surface area contributed by atoms with E-state index in [0.29, 0.717) is 0 Å². The molecule has 7 aromatic rings. The fourth-order valence-corrected chi connectivity index (χ4v) is 10.2. The smallest absolute Gasteiger partial charge is 0.0733 e. The molecule has 310 valence electrons. The average Bonchev–Trinajstić information content (AvgIpc) is 3.82. The maximum Gasteiger partial charge on any atom is 0.0733 e. The normalized spacial score (nSPS) is 18.8. The molecule has 0 aliphatic heterocycles. The largest absolute Gasteiger partial charge is 0.398 e. The SMILES string of the molecule is C/C=C/C=C\C=C/C(C)c1ccc2c(c1)-c1cc(C(C3=C(N)c4ccccc4C3)c3ccc(-c4ccccc4)cc3)ccc1C21C(=C\Nc2ccccc2)/C=C\C=C/c2ccccc21. The van der Waals surface area contributed by atoms with Crippen molar-refractivity contribution in [2.24, 2.45) is 5.73 Å². The number of fused-ring (bicyclic) bond motifs is 8. The zero-order valence-electron chi connectivity index (χ0n) is 36.5. The number of hydrogen-bond acceptors (Lipinski definition) is 2. The van der Waals surface area contributed by atoms with Crippen molar-refractivity contribution in [3.63, 3.8) is 0 Å². The predicted octanol–water partition coefficient (Wildman–Crippen LogP) is 15.1. The Labute approximate surface area is 378 Å². The summed E-state index contributed by atoms with van der Waals surface area (Å²) < 4.78 is 0. The van der Waals surface area contributed by atoms with Gasteiger partial charge >= 0.3 is 0 Å². The molecule has 64 heavy (non-hydrogen) atoms. The summed E-state index contributed by atoms with van der Waals surface area (Å²) in [6.07, 6.45) is 24.7. The number of anilines is 1. The van der Waals surface area contributed by atoms with Gasteiger partial charge in [0.2, 0.25) is 0 Å². The molecule has 0 radical (unpaired) electrons. The van der Waals surface area contributed by atoms with Crippen LogP contribution < -0.4 is 11.1 Å². The lowest BCUT2D eigenvalue weighted by atomic mass is 9.65. The Bertz CT molecular complexity index is 3060. The first kappa shape index (κ1) is 40.4. The summed E-state index contributed by atoms with van der Waals surface area (Å²) >= 11 is 0. The van der Waals surface area contributed by atoms with Crippen LogP contribution in [0.5, 0.6) is 0 Å². The molecular formula is C62H52N2. The molecule has 0 saturated heterocycles. The van der Waals surface area contributed by atoms with Gasteiger partial charge in [-0.05, 0) is 115 Å². The third-order valence-electron chi connectivity index (χ3n) is 13.3. The lowest BCUT2D eigenvalue weighted by Crippen LogP contribution is -2.31. The molecule has 2 heteroatoms. The van der Waals surface area contributed by atoms with Gasteiger partial charge in [0.05, 0.1) is 5.41 Å². The first-order valence-electron chi connectivity index (χ1n) is 22.5. The van der Waals surface area contributed by atoms with E-state index in [-0.39, 0.29) is 11.8 Å². The van der Waals surface area contributed by atoms with E-state index in [2.05, 4.69) is 243 Å². The quantitative estimate of drug-likeness (QED) is 0.135. The Morgan fingerprint density at radius 3 is 1.95 bits per heavy atom. The highest BCUT2D eigenvalue weighted by Gasteiger charge is 2.48. The summed E-state index contributed by atoms with van der Waals surface area (Å²) in [4.78, 5) is 0. The molecule has 2 nitrogen and oxygen atoms in total. The molecule has 3 unspecified atom stereocenters. The molecule has 3 atom stereocenters. The Morgan fingerprint density at radius 2 is 1.19 bits per heavy atom. The summed E-state index contributed by atoms with van der Waals surface area (Å²) in [5.41, 5.74) is 27.0. The number of para-hydroxylation sites is 1. The first-order valence-corrected chi connectivity index (χ1v) is 22.5. The van der Waals surface area contributed by atoms with Crippen molar-refractivity contribution in [1.82, 2.24) is 0 Å². The Hall–Kier alpha value is -7.68. The molecular weight excluding hydrogens is 773 g/mol. The minimum absolute atomic E-state index is 0.0567. The minimum Gasteiger partial charge on any atom is -0.398 e. The molecule has 0 heterocycles. The first-order chi connectivity index (χ1) is 31.5. The lowest BCUT2D eigenvalue weighted by Gasteiger charge is -2.36. The standard InChI is InChI=1S/C62H52N2/c1-3-4-5-6-9-20-43(2)48-35-37-58-54(39-48)55-41-50(60(56-40-49-25-15-18-29-53(49)61(56)63)47-33-31-45(32-34-47)44-21-10-7-11-22-44)36-38-59(55)62(58)51(42-64-52-27-12-8-13-28-52)26-17-14-23-46-24-16-19-30-57(46)62/h3-39,41-43,60,64H,40,63H2,1-2H3/b4-3+,6-5-,20-9-,23-14-,26-17-,51-42-. The maximum atomic E-state index is 7.23. The maximum absolute atomic E-state index is 7.23. The van der Waals surface area contributed by atoms with Crippen molar-refractivity contribution in [1.29, 1.82) is 0 Å². The van der Waals surface area contributed by atoms with Gasteiger partial charge < -0.3 is 11.1 Å². The number of nitrogens with one attached hydrogen (secondary N) is 1. The molecule has 3 aliphatic rings. The zero-order valence-corrected chi connectivity index (χ0v) is 36.5. The average molecular weight is 825 g/mol. The predicted molar refractivity (Wildman–Crippen MR) is 271 cm³/mol. The summed E-state index contributed by atoms with van der Waals surface area (Å²) in [7, 11) is 0. The Kier molecular flexibility index (Phi) is 11.1. The van der Waals surface area contributed by atoms with E-state index in [1.54, 1.807) is 0 Å². The molecule has 3 N–H and O–H groups in total. The third kappa shape index (κ3) is 7.31. The van der Waals surface area contributed by atoms with Crippen molar-refractivity contribution >= 4 is 17.5 Å². The van der Waals surface area contributed by atoms with Crippen LogP contribution in [0.2, 0.25) is 0 Å². The molecule has 0 amide bonds. The highest BCUT2D eigenvalue weighted by atomic mass is 14.8. The van der Waals surface area contributed by atoms with Crippen LogP contribution in [0.1, 0.15) is 75.8 Å². The van der Waals surface area contributed by atoms with Crippen LogP contribution in [0.4, 0.5) is 5.69 Å². The molecule has 1 spiro atoms. The molecule has 0 aromatic heterocycles. The van der Waals surface area contributed by atoms with Gasteiger partial charge in [-0.1, -0.05) is 219 Å². The number of nitrogens with two attached hydrogens (primary N) is 1. The van der Waals surface area contributed by atoms with E-state index in [0.717, 1.165) is 23.4 Å². The minimum atomic E-state index is -0.621. The van der Waals surface area contributed by atoms with Crippen LogP contribution in [-0.2, 0) is 11.8 Å². The number of allylic oxidation sites excluding steroid dienone is 11. The van der Waals surface area contributed by atoms with Gasteiger partial charge in [0, 0.05) is 29.1 Å². The van der Waals surface area contributed by atoms with Gasteiger partial charge in [-0.2, -0.15) is 0 Å². The summed E-state index contributed by atoms with van der Waals surface area (Å²) in [5, 5.41) is 3.71. The van der Waals surface area contributed by atoms with Crippen LogP contribution in [0.3, 0.4) is 0 Å². The van der Waals surface area contributed by atoms with Gasteiger partial charge in [0.1, 0.15) is 0 Å². The van der Waals surface area contributed by atoms with E-state index in [9.17, 15) is 0 Å². The van der Waals surface area contributed by atoms with Gasteiger partial charge in [-0.25, -0.2) is 0 Å². The number of benzene rings is 7. The molecule has 10 rings (SSSR count). The lowest BCUT2D eigenvalue weighted by molar-refractivity contribution is 0.761. The van der Waals surface area contributed by atoms with Gasteiger partial charge in [0.25, 0.3) is 0 Å². The second kappa shape index (κ2) is 17.6. The van der Waals surface area contributed by atoms with E-state index in [1.165, 1.54) is 77.9 Å². The molecule has 7 aromatic carbocycles. The summed E-state index contributed by atoms with van der Waals surface area (Å²) in [6.45, 7) is 4.33. The van der Waals surface area contributed by atoms with Crippen LogP contribution >= 0.6 is 0 Å². The monoisotopic (exact) mass is 824 g/mol. The van der Waals surface area contributed by atoms with Crippen molar-refractivity contribution in [2.75, 3.05) is 5.32 Å². The van der Waals surface area contributed by atoms with E-state index in [1.807, 2.05) is 13.0 Å².